The van der Waals surface area contributed by atoms with Gasteiger partial charge in [-0.05, 0) is 42.0 Å². The van der Waals surface area contributed by atoms with Crippen LogP contribution >= 0.6 is 0 Å². The maximum Gasteiger partial charge on any atom is 0.407 e. The second-order valence-electron chi connectivity index (χ2n) is 8.14. The average molecular weight is 395 g/mol. The Hall–Kier alpha value is -2.86. The molecule has 3 atom stereocenters. The summed E-state index contributed by atoms with van der Waals surface area (Å²) in [5.41, 5.74) is 3.33. The van der Waals surface area contributed by atoms with Crippen molar-refractivity contribution in [3.8, 4) is 11.1 Å². The highest BCUT2D eigenvalue weighted by Crippen LogP contribution is 2.44. The summed E-state index contributed by atoms with van der Waals surface area (Å²) in [4.78, 5) is 24.1. The van der Waals surface area contributed by atoms with E-state index in [9.17, 15) is 19.8 Å². The molecule has 1 fully saturated rings. The van der Waals surface area contributed by atoms with Crippen molar-refractivity contribution in [2.75, 3.05) is 6.61 Å². The Labute approximate surface area is 169 Å². The van der Waals surface area contributed by atoms with Crippen molar-refractivity contribution in [1.29, 1.82) is 0 Å². The molecule has 29 heavy (non-hydrogen) atoms. The first-order chi connectivity index (χ1) is 13.9. The second kappa shape index (κ2) is 7.52. The molecule has 0 radical (unpaired) electrons. The van der Waals surface area contributed by atoms with Crippen molar-refractivity contribution < 1.29 is 24.5 Å². The zero-order valence-electron chi connectivity index (χ0n) is 16.3. The van der Waals surface area contributed by atoms with Gasteiger partial charge in [-0.25, -0.2) is 9.59 Å². The largest absolute Gasteiger partial charge is 0.480 e. The first kappa shape index (κ1) is 19.5. The molecule has 0 aromatic heterocycles. The van der Waals surface area contributed by atoms with Crippen LogP contribution in [-0.2, 0) is 9.53 Å². The van der Waals surface area contributed by atoms with Crippen LogP contribution in [0.5, 0.6) is 0 Å². The molecule has 3 unspecified atom stereocenters. The monoisotopic (exact) mass is 395 g/mol. The SMILES string of the molecule is CC1(O)CCCC1C(NC(=O)OCC1c2ccccc2-c2ccccc21)C(=O)O. The highest BCUT2D eigenvalue weighted by atomic mass is 16.5. The lowest BCUT2D eigenvalue weighted by atomic mass is 9.86. The van der Waals surface area contributed by atoms with Crippen LogP contribution in [0, 0.1) is 5.92 Å². The van der Waals surface area contributed by atoms with Gasteiger partial charge in [0, 0.05) is 11.8 Å². The lowest BCUT2D eigenvalue weighted by molar-refractivity contribution is -0.143. The molecule has 1 amide bonds. The third-order valence-electron chi connectivity index (χ3n) is 6.28. The number of rotatable bonds is 5. The second-order valence-corrected chi connectivity index (χ2v) is 8.14. The zero-order valence-corrected chi connectivity index (χ0v) is 16.3. The Morgan fingerprint density at radius 3 is 2.24 bits per heavy atom. The predicted molar refractivity (Wildman–Crippen MR) is 108 cm³/mol. The van der Waals surface area contributed by atoms with E-state index in [0.29, 0.717) is 12.8 Å². The fourth-order valence-electron chi connectivity index (χ4n) is 4.80. The van der Waals surface area contributed by atoms with Gasteiger partial charge in [-0.1, -0.05) is 55.0 Å². The Kier molecular flexibility index (Phi) is 5.04. The van der Waals surface area contributed by atoms with E-state index < -0.39 is 29.6 Å². The molecular formula is C23H25NO5. The summed E-state index contributed by atoms with van der Waals surface area (Å²) in [6, 6.07) is 14.9. The van der Waals surface area contributed by atoms with E-state index in [1.165, 1.54) is 0 Å². The molecule has 0 aliphatic heterocycles. The molecule has 152 valence electrons. The van der Waals surface area contributed by atoms with Crippen LogP contribution in [0.15, 0.2) is 48.5 Å². The zero-order chi connectivity index (χ0) is 20.6. The van der Waals surface area contributed by atoms with Crippen molar-refractivity contribution in [3.05, 3.63) is 59.7 Å². The number of benzene rings is 2. The van der Waals surface area contributed by atoms with E-state index in [2.05, 4.69) is 17.4 Å². The minimum atomic E-state index is -1.18. The Bertz CT molecular complexity index is 893. The quantitative estimate of drug-likeness (QED) is 0.720. The number of amides is 1. The van der Waals surface area contributed by atoms with Crippen molar-refractivity contribution >= 4 is 12.1 Å². The van der Waals surface area contributed by atoms with Gasteiger partial charge in [0.05, 0.1) is 5.60 Å². The maximum atomic E-state index is 12.4. The van der Waals surface area contributed by atoms with Crippen molar-refractivity contribution in [1.82, 2.24) is 5.32 Å². The number of alkyl carbamates (subject to hydrolysis) is 1. The molecule has 2 aromatic carbocycles. The number of hydrogen-bond acceptors (Lipinski definition) is 4. The number of hydrogen-bond donors (Lipinski definition) is 3. The molecule has 0 saturated heterocycles. The van der Waals surface area contributed by atoms with Crippen LogP contribution < -0.4 is 5.32 Å². The average Bonchev–Trinajstić information content (AvgIpc) is 3.21. The maximum absolute atomic E-state index is 12.4. The number of ether oxygens (including phenoxy) is 1. The molecule has 0 heterocycles. The highest BCUT2D eigenvalue weighted by Gasteiger charge is 2.45. The fourth-order valence-corrected chi connectivity index (χ4v) is 4.80. The van der Waals surface area contributed by atoms with Crippen LogP contribution in [0.3, 0.4) is 0 Å². The molecule has 0 spiro atoms. The number of aliphatic carboxylic acids is 1. The molecule has 6 nitrogen and oxygen atoms in total. The Morgan fingerprint density at radius 2 is 1.72 bits per heavy atom. The van der Waals surface area contributed by atoms with Gasteiger partial charge in [0.25, 0.3) is 0 Å². The van der Waals surface area contributed by atoms with Gasteiger partial charge in [-0.15, -0.1) is 0 Å². The number of nitrogens with one attached hydrogen (secondary N) is 1. The molecule has 3 N–H and O–H groups in total. The molecule has 2 aromatic rings. The minimum Gasteiger partial charge on any atom is -0.480 e. The molecule has 1 saturated carbocycles. The summed E-state index contributed by atoms with van der Waals surface area (Å²) >= 11 is 0. The number of carboxylic acids is 1. The third kappa shape index (κ3) is 3.60. The van der Waals surface area contributed by atoms with Crippen LogP contribution in [0.1, 0.15) is 43.2 Å². The van der Waals surface area contributed by atoms with Gasteiger partial charge in [0.2, 0.25) is 0 Å². The number of aliphatic hydroxyl groups is 1. The molecule has 0 bridgehead atoms. The van der Waals surface area contributed by atoms with Gasteiger partial charge in [0.1, 0.15) is 12.6 Å². The third-order valence-corrected chi connectivity index (χ3v) is 6.28. The van der Waals surface area contributed by atoms with Crippen molar-refractivity contribution in [3.63, 3.8) is 0 Å². The molecule has 6 heteroatoms. The normalized spacial score (nSPS) is 23.9. The van der Waals surface area contributed by atoms with Gasteiger partial charge in [-0.3, -0.25) is 0 Å². The smallest absolute Gasteiger partial charge is 0.407 e. The first-order valence-corrected chi connectivity index (χ1v) is 9.95. The standard InChI is InChI=1S/C23H25NO5/c1-23(28)12-6-11-19(23)20(21(25)26)24-22(27)29-13-18-16-9-4-2-7-14(16)15-8-3-5-10-17(15)18/h2-5,7-10,18-20,28H,6,11-13H2,1H3,(H,24,27)(H,25,26). The van der Waals surface area contributed by atoms with Crippen LogP contribution in [-0.4, -0.2) is 40.5 Å². The highest BCUT2D eigenvalue weighted by molar-refractivity contribution is 5.81. The van der Waals surface area contributed by atoms with E-state index in [1.807, 2.05) is 36.4 Å². The van der Waals surface area contributed by atoms with Crippen molar-refractivity contribution in [2.45, 2.75) is 43.7 Å². The number of carbonyl (C=O) groups is 2. The van der Waals surface area contributed by atoms with Crippen LogP contribution in [0.25, 0.3) is 11.1 Å². The van der Waals surface area contributed by atoms with E-state index in [-0.39, 0.29) is 12.5 Å². The summed E-state index contributed by atoms with van der Waals surface area (Å²) in [6.07, 6.45) is 1.02. The fraction of sp³-hybridized carbons (Fsp3) is 0.391. The van der Waals surface area contributed by atoms with Gasteiger partial charge in [-0.2, -0.15) is 0 Å². The Morgan fingerprint density at radius 1 is 1.14 bits per heavy atom. The summed E-state index contributed by atoms with van der Waals surface area (Å²) in [7, 11) is 0. The molecule has 2 aliphatic rings. The minimum absolute atomic E-state index is 0.0917. The predicted octanol–water partition coefficient (Wildman–Crippen LogP) is 3.53. The van der Waals surface area contributed by atoms with E-state index in [4.69, 9.17) is 4.74 Å². The molecule has 4 rings (SSSR count). The summed E-state index contributed by atoms with van der Waals surface area (Å²) in [5.74, 6) is -1.79. The molecule has 2 aliphatic carbocycles. The van der Waals surface area contributed by atoms with E-state index >= 15 is 0 Å². The van der Waals surface area contributed by atoms with Crippen LogP contribution in [0.2, 0.25) is 0 Å². The molecular weight excluding hydrogens is 370 g/mol. The van der Waals surface area contributed by atoms with E-state index in [1.54, 1.807) is 6.92 Å². The van der Waals surface area contributed by atoms with E-state index in [0.717, 1.165) is 28.7 Å². The van der Waals surface area contributed by atoms with Gasteiger partial charge < -0.3 is 20.3 Å². The topological polar surface area (TPSA) is 95.9 Å². The summed E-state index contributed by atoms with van der Waals surface area (Å²) < 4.78 is 5.45. The Balaban J connectivity index is 1.46. The van der Waals surface area contributed by atoms with Crippen LogP contribution in [0.4, 0.5) is 4.79 Å². The summed E-state index contributed by atoms with van der Waals surface area (Å²) in [5, 5.41) is 22.5. The number of carbonyl (C=O) groups excluding carboxylic acids is 1. The van der Waals surface area contributed by atoms with Crippen molar-refractivity contribution in [2.24, 2.45) is 5.92 Å². The number of fused-ring (bicyclic) bond motifs is 3. The van der Waals surface area contributed by atoms with Gasteiger partial charge in [0.15, 0.2) is 0 Å². The van der Waals surface area contributed by atoms with Gasteiger partial charge >= 0.3 is 12.1 Å². The first-order valence-electron chi connectivity index (χ1n) is 9.95. The number of carboxylic acid groups (broad SMARTS) is 1. The summed E-state index contributed by atoms with van der Waals surface area (Å²) in [6.45, 7) is 1.74. The lowest BCUT2D eigenvalue weighted by Crippen LogP contribution is -2.51. The lowest BCUT2D eigenvalue weighted by Gasteiger charge is -2.30.